The summed E-state index contributed by atoms with van der Waals surface area (Å²) in [6, 6.07) is 12.0. The standard InChI is InChI=1S/C20H23ClN4/c1-13-9-16(20(3,4)5)10-14(2)18(13)12-25-23-19(22-24-25)15-7-6-8-17(21)11-15/h6-11H,12H2,1-5H3. The van der Waals surface area contributed by atoms with Gasteiger partial charge in [0.1, 0.15) is 0 Å². The van der Waals surface area contributed by atoms with E-state index in [2.05, 4.69) is 62.2 Å². The first-order chi connectivity index (χ1) is 11.7. The van der Waals surface area contributed by atoms with Crippen molar-refractivity contribution < 1.29 is 0 Å². The summed E-state index contributed by atoms with van der Waals surface area (Å²) in [7, 11) is 0. The highest BCUT2D eigenvalue weighted by atomic mass is 35.5. The van der Waals surface area contributed by atoms with Crippen LogP contribution in [0.3, 0.4) is 0 Å². The van der Waals surface area contributed by atoms with Gasteiger partial charge in [0.25, 0.3) is 0 Å². The summed E-state index contributed by atoms with van der Waals surface area (Å²) < 4.78 is 0. The Morgan fingerprint density at radius 3 is 2.32 bits per heavy atom. The van der Waals surface area contributed by atoms with Gasteiger partial charge >= 0.3 is 0 Å². The fourth-order valence-corrected chi connectivity index (χ4v) is 3.06. The van der Waals surface area contributed by atoms with Crippen LogP contribution in [0, 0.1) is 13.8 Å². The maximum Gasteiger partial charge on any atom is 0.204 e. The Hall–Kier alpha value is -2.20. The Bertz CT molecular complexity index is 883. The lowest BCUT2D eigenvalue weighted by atomic mass is 9.84. The zero-order chi connectivity index (χ0) is 18.2. The van der Waals surface area contributed by atoms with Crippen molar-refractivity contribution >= 4 is 11.6 Å². The third kappa shape index (κ3) is 3.90. The van der Waals surface area contributed by atoms with Crippen molar-refractivity contribution in [2.75, 3.05) is 0 Å². The lowest BCUT2D eigenvalue weighted by Crippen LogP contribution is -2.14. The van der Waals surface area contributed by atoms with E-state index in [4.69, 9.17) is 11.6 Å². The highest BCUT2D eigenvalue weighted by Crippen LogP contribution is 2.27. The molecule has 0 amide bonds. The van der Waals surface area contributed by atoms with Gasteiger partial charge in [-0.25, -0.2) is 0 Å². The largest absolute Gasteiger partial charge is 0.204 e. The van der Waals surface area contributed by atoms with Gasteiger partial charge < -0.3 is 0 Å². The number of hydrogen-bond acceptors (Lipinski definition) is 3. The van der Waals surface area contributed by atoms with E-state index in [9.17, 15) is 0 Å². The summed E-state index contributed by atoms with van der Waals surface area (Å²) in [6.07, 6.45) is 0. The summed E-state index contributed by atoms with van der Waals surface area (Å²) in [6.45, 7) is 11.6. The van der Waals surface area contributed by atoms with Crippen LogP contribution < -0.4 is 0 Å². The first-order valence-corrected chi connectivity index (χ1v) is 8.76. The van der Waals surface area contributed by atoms with Crippen molar-refractivity contribution in [2.24, 2.45) is 0 Å². The molecule has 130 valence electrons. The third-order valence-corrected chi connectivity index (χ3v) is 4.63. The molecule has 0 aliphatic carbocycles. The maximum absolute atomic E-state index is 6.04. The van der Waals surface area contributed by atoms with Gasteiger partial charge in [0.2, 0.25) is 5.82 Å². The smallest absolute Gasteiger partial charge is 0.159 e. The number of rotatable bonds is 3. The molecule has 0 saturated heterocycles. The van der Waals surface area contributed by atoms with E-state index >= 15 is 0 Å². The molecule has 5 heteroatoms. The number of benzene rings is 2. The Labute approximate surface area is 153 Å². The molecule has 0 aliphatic rings. The summed E-state index contributed by atoms with van der Waals surface area (Å²) in [4.78, 5) is 1.64. The van der Waals surface area contributed by atoms with Crippen LogP contribution in [0.15, 0.2) is 36.4 Å². The molecule has 0 aliphatic heterocycles. The predicted molar refractivity (Wildman–Crippen MR) is 102 cm³/mol. The van der Waals surface area contributed by atoms with Crippen molar-refractivity contribution in [3.05, 3.63) is 63.7 Å². The normalized spacial score (nSPS) is 11.8. The SMILES string of the molecule is Cc1cc(C(C)(C)C)cc(C)c1Cn1nnc(-c2cccc(Cl)c2)n1. The van der Waals surface area contributed by atoms with E-state index in [0.29, 0.717) is 17.4 Å². The quantitative estimate of drug-likeness (QED) is 0.668. The van der Waals surface area contributed by atoms with E-state index in [1.165, 1.54) is 22.3 Å². The van der Waals surface area contributed by atoms with Gasteiger partial charge in [-0.15, -0.1) is 10.2 Å². The lowest BCUT2D eigenvalue weighted by Gasteiger charge is -2.22. The molecule has 0 radical (unpaired) electrons. The molecular formula is C20H23ClN4. The second-order valence-electron chi connectivity index (χ2n) is 7.49. The van der Waals surface area contributed by atoms with Crippen LogP contribution in [-0.4, -0.2) is 20.2 Å². The van der Waals surface area contributed by atoms with Gasteiger partial charge in [-0.05, 0) is 58.9 Å². The molecule has 0 atom stereocenters. The minimum Gasteiger partial charge on any atom is -0.159 e. The van der Waals surface area contributed by atoms with E-state index in [1.54, 1.807) is 4.80 Å². The molecule has 4 nitrogen and oxygen atoms in total. The highest BCUT2D eigenvalue weighted by Gasteiger charge is 2.17. The number of hydrogen-bond donors (Lipinski definition) is 0. The molecule has 3 rings (SSSR count). The number of aromatic nitrogens is 4. The lowest BCUT2D eigenvalue weighted by molar-refractivity contribution is 0.565. The first kappa shape index (κ1) is 17.6. The molecule has 0 spiro atoms. The Morgan fingerprint density at radius 1 is 1.04 bits per heavy atom. The summed E-state index contributed by atoms with van der Waals surface area (Å²) in [5.74, 6) is 0.587. The monoisotopic (exact) mass is 354 g/mol. The first-order valence-electron chi connectivity index (χ1n) is 8.38. The molecule has 3 aromatic rings. The molecule has 0 fully saturated rings. The Morgan fingerprint density at radius 2 is 1.72 bits per heavy atom. The molecule has 0 N–H and O–H groups in total. The molecule has 2 aromatic carbocycles. The van der Waals surface area contributed by atoms with Crippen molar-refractivity contribution in [3.63, 3.8) is 0 Å². The van der Waals surface area contributed by atoms with Gasteiger partial charge in [-0.1, -0.05) is 56.6 Å². The van der Waals surface area contributed by atoms with Crippen LogP contribution in [-0.2, 0) is 12.0 Å². The van der Waals surface area contributed by atoms with E-state index < -0.39 is 0 Å². The number of aryl methyl sites for hydroxylation is 2. The van der Waals surface area contributed by atoms with Crippen LogP contribution in [0.25, 0.3) is 11.4 Å². The number of tetrazole rings is 1. The average Bonchev–Trinajstić information content (AvgIpc) is 2.98. The van der Waals surface area contributed by atoms with Crippen molar-refractivity contribution in [1.29, 1.82) is 0 Å². The highest BCUT2D eigenvalue weighted by molar-refractivity contribution is 6.30. The number of halogens is 1. The molecule has 0 unspecified atom stereocenters. The number of nitrogens with zero attached hydrogens (tertiary/aromatic N) is 4. The van der Waals surface area contributed by atoms with Crippen LogP contribution in [0.2, 0.25) is 5.02 Å². The van der Waals surface area contributed by atoms with Crippen LogP contribution in [0.1, 0.15) is 43.0 Å². The van der Waals surface area contributed by atoms with Gasteiger partial charge in [-0.2, -0.15) is 4.80 Å². The topological polar surface area (TPSA) is 43.6 Å². The molecular weight excluding hydrogens is 332 g/mol. The van der Waals surface area contributed by atoms with Crippen LogP contribution in [0.4, 0.5) is 0 Å². The molecule has 1 aromatic heterocycles. The van der Waals surface area contributed by atoms with Gasteiger partial charge in [0.15, 0.2) is 0 Å². The second kappa shape index (κ2) is 6.60. The summed E-state index contributed by atoms with van der Waals surface area (Å²) >= 11 is 6.04. The third-order valence-electron chi connectivity index (χ3n) is 4.40. The van der Waals surface area contributed by atoms with E-state index in [1.807, 2.05) is 24.3 Å². The van der Waals surface area contributed by atoms with Crippen molar-refractivity contribution in [1.82, 2.24) is 20.2 Å². The van der Waals surface area contributed by atoms with E-state index in [-0.39, 0.29) is 5.41 Å². The van der Waals surface area contributed by atoms with E-state index in [0.717, 1.165) is 5.56 Å². The summed E-state index contributed by atoms with van der Waals surface area (Å²) in [5, 5.41) is 13.5. The zero-order valence-corrected chi connectivity index (χ0v) is 16.1. The summed E-state index contributed by atoms with van der Waals surface area (Å²) in [5.41, 5.74) is 6.10. The molecule has 0 saturated carbocycles. The van der Waals surface area contributed by atoms with Gasteiger partial charge in [0.05, 0.1) is 6.54 Å². The van der Waals surface area contributed by atoms with Crippen molar-refractivity contribution in [3.8, 4) is 11.4 Å². The predicted octanol–water partition coefficient (Wildman–Crippen LogP) is 4.96. The maximum atomic E-state index is 6.04. The fourth-order valence-electron chi connectivity index (χ4n) is 2.87. The molecule has 0 bridgehead atoms. The zero-order valence-electron chi connectivity index (χ0n) is 15.3. The van der Waals surface area contributed by atoms with Gasteiger partial charge in [-0.3, -0.25) is 0 Å². The fraction of sp³-hybridized carbons (Fsp3) is 0.350. The average molecular weight is 355 g/mol. The minimum absolute atomic E-state index is 0.138. The minimum atomic E-state index is 0.138. The van der Waals surface area contributed by atoms with Crippen LogP contribution >= 0.6 is 11.6 Å². The Balaban J connectivity index is 1.89. The molecule has 25 heavy (non-hydrogen) atoms. The van der Waals surface area contributed by atoms with Crippen LogP contribution in [0.5, 0.6) is 0 Å². The molecule has 1 heterocycles. The Kier molecular flexibility index (Phi) is 4.65. The second-order valence-corrected chi connectivity index (χ2v) is 7.93. The van der Waals surface area contributed by atoms with Crippen molar-refractivity contribution in [2.45, 2.75) is 46.6 Å². The van der Waals surface area contributed by atoms with Gasteiger partial charge in [0, 0.05) is 10.6 Å².